The van der Waals surface area contributed by atoms with Gasteiger partial charge in [0, 0.05) is 11.6 Å². The molecule has 1 N–H and O–H groups in total. The van der Waals surface area contributed by atoms with Crippen molar-refractivity contribution < 1.29 is 19.0 Å². The SMILES string of the molecule is COc1ccc(CNC(=O)C(C)Oc2cc(C)c(Cl)c(C)c2)cc1OC. The molecule has 140 valence electrons. The second kappa shape index (κ2) is 8.81. The molecule has 6 heteroatoms. The number of amides is 1. The van der Waals surface area contributed by atoms with Gasteiger partial charge in [0.15, 0.2) is 17.6 Å². The van der Waals surface area contributed by atoms with Gasteiger partial charge in [-0.05, 0) is 61.7 Å². The molecule has 0 radical (unpaired) electrons. The second-order valence-corrected chi connectivity index (χ2v) is 6.42. The van der Waals surface area contributed by atoms with Gasteiger partial charge in [-0.1, -0.05) is 17.7 Å². The summed E-state index contributed by atoms with van der Waals surface area (Å²) in [4.78, 5) is 12.3. The van der Waals surface area contributed by atoms with Crippen LogP contribution in [0.4, 0.5) is 0 Å². The number of hydrogen-bond acceptors (Lipinski definition) is 4. The van der Waals surface area contributed by atoms with Gasteiger partial charge in [-0.2, -0.15) is 0 Å². The third kappa shape index (κ3) is 4.82. The highest BCUT2D eigenvalue weighted by molar-refractivity contribution is 6.32. The molecule has 0 aliphatic rings. The van der Waals surface area contributed by atoms with Crippen molar-refractivity contribution in [2.75, 3.05) is 14.2 Å². The molecule has 1 amide bonds. The fourth-order valence-corrected chi connectivity index (χ4v) is 2.66. The van der Waals surface area contributed by atoms with Crippen LogP contribution in [0.15, 0.2) is 30.3 Å². The van der Waals surface area contributed by atoms with Gasteiger partial charge in [-0.25, -0.2) is 0 Å². The Kier molecular flexibility index (Phi) is 6.75. The van der Waals surface area contributed by atoms with E-state index in [4.69, 9.17) is 25.8 Å². The Hall–Kier alpha value is -2.40. The van der Waals surface area contributed by atoms with Crippen molar-refractivity contribution in [3.05, 3.63) is 52.0 Å². The van der Waals surface area contributed by atoms with E-state index in [0.717, 1.165) is 16.7 Å². The lowest BCUT2D eigenvalue weighted by atomic mass is 10.1. The molecule has 0 aliphatic heterocycles. The van der Waals surface area contributed by atoms with Gasteiger partial charge in [-0.15, -0.1) is 0 Å². The molecule has 2 rings (SSSR count). The van der Waals surface area contributed by atoms with Crippen molar-refractivity contribution in [2.45, 2.75) is 33.4 Å². The lowest BCUT2D eigenvalue weighted by molar-refractivity contribution is -0.127. The molecule has 0 saturated carbocycles. The molecule has 5 nitrogen and oxygen atoms in total. The van der Waals surface area contributed by atoms with Crippen molar-refractivity contribution in [3.8, 4) is 17.2 Å². The largest absolute Gasteiger partial charge is 0.493 e. The first kappa shape index (κ1) is 19.9. The van der Waals surface area contributed by atoms with Crippen LogP contribution in [-0.2, 0) is 11.3 Å². The number of ether oxygens (including phenoxy) is 3. The van der Waals surface area contributed by atoms with Crippen LogP contribution >= 0.6 is 11.6 Å². The monoisotopic (exact) mass is 377 g/mol. The minimum atomic E-state index is -0.630. The smallest absolute Gasteiger partial charge is 0.261 e. The van der Waals surface area contributed by atoms with Crippen molar-refractivity contribution >= 4 is 17.5 Å². The maximum Gasteiger partial charge on any atom is 0.261 e. The van der Waals surface area contributed by atoms with Crippen LogP contribution < -0.4 is 19.5 Å². The van der Waals surface area contributed by atoms with Gasteiger partial charge in [0.25, 0.3) is 5.91 Å². The molecule has 0 bridgehead atoms. The van der Waals surface area contributed by atoms with E-state index in [1.807, 2.05) is 38.1 Å². The van der Waals surface area contributed by atoms with Gasteiger partial charge in [0.1, 0.15) is 5.75 Å². The van der Waals surface area contributed by atoms with Crippen molar-refractivity contribution in [1.82, 2.24) is 5.32 Å². The van der Waals surface area contributed by atoms with Crippen LogP contribution in [0.1, 0.15) is 23.6 Å². The van der Waals surface area contributed by atoms with Crippen LogP contribution in [0.25, 0.3) is 0 Å². The van der Waals surface area contributed by atoms with Crippen molar-refractivity contribution in [2.24, 2.45) is 0 Å². The number of halogens is 1. The first-order valence-corrected chi connectivity index (χ1v) is 8.65. The standard InChI is InChI=1S/C20H24ClNO4/c1-12-8-16(9-13(2)19(12)21)26-14(3)20(23)22-11-15-6-7-17(24-4)18(10-15)25-5/h6-10,14H,11H2,1-5H3,(H,22,23). The lowest BCUT2D eigenvalue weighted by Crippen LogP contribution is -2.35. The summed E-state index contributed by atoms with van der Waals surface area (Å²) in [5.41, 5.74) is 2.74. The van der Waals surface area contributed by atoms with Crippen LogP contribution in [-0.4, -0.2) is 26.2 Å². The molecule has 0 heterocycles. The van der Waals surface area contributed by atoms with E-state index in [1.54, 1.807) is 27.2 Å². The quantitative estimate of drug-likeness (QED) is 0.790. The van der Waals surface area contributed by atoms with Gasteiger partial charge >= 0.3 is 0 Å². The maximum absolute atomic E-state index is 12.3. The Morgan fingerprint density at radius 1 is 1.08 bits per heavy atom. The zero-order valence-electron chi connectivity index (χ0n) is 15.7. The molecule has 26 heavy (non-hydrogen) atoms. The second-order valence-electron chi connectivity index (χ2n) is 6.04. The number of carbonyl (C=O) groups is 1. The fraction of sp³-hybridized carbons (Fsp3) is 0.350. The Balaban J connectivity index is 1.97. The van der Waals surface area contributed by atoms with E-state index in [2.05, 4.69) is 5.32 Å². The van der Waals surface area contributed by atoms with Crippen molar-refractivity contribution in [3.63, 3.8) is 0 Å². The Morgan fingerprint density at radius 3 is 2.27 bits per heavy atom. The molecule has 1 unspecified atom stereocenters. The summed E-state index contributed by atoms with van der Waals surface area (Å²) in [5, 5.41) is 3.57. The zero-order chi connectivity index (χ0) is 19.3. The molecule has 0 saturated heterocycles. The summed E-state index contributed by atoms with van der Waals surface area (Å²) in [6, 6.07) is 9.16. The molecule has 2 aromatic carbocycles. The average Bonchev–Trinajstić information content (AvgIpc) is 2.63. The van der Waals surface area contributed by atoms with E-state index >= 15 is 0 Å². The van der Waals surface area contributed by atoms with E-state index in [9.17, 15) is 4.79 Å². The average molecular weight is 378 g/mol. The van der Waals surface area contributed by atoms with Crippen LogP contribution in [0.5, 0.6) is 17.2 Å². The third-order valence-electron chi connectivity index (χ3n) is 4.01. The predicted octanol–water partition coefficient (Wildman–Crippen LogP) is 4.06. The number of rotatable bonds is 7. The molecule has 0 spiro atoms. The highest BCUT2D eigenvalue weighted by Gasteiger charge is 2.16. The van der Waals surface area contributed by atoms with Crippen LogP contribution in [0.2, 0.25) is 5.02 Å². The molecule has 2 aromatic rings. The lowest BCUT2D eigenvalue weighted by Gasteiger charge is -2.16. The molecule has 0 aromatic heterocycles. The molecule has 0 fully saturated rings. The van der Waals surface area contributed by atoms with E-state index in [-0.39, 0.29) is 5.91 Å². The number of carbonyl (C=O) groups excluding carboxylic acids is 1. The number of benzene rings is 2. The molecular formula is C20H24ClNO4. The van der Waals surface area contributed by atoms with Crippen molar-refractivity contribution in [1.29, 1.82) is 0 Å². The first-order valence-electron chi connectivity index (χ1n) is 8.27. The summed E-state index contributed by atoms with van der Waals surface area (Å²) < 4.78 is 16.2. The van der Waals surface area contributed by atoms with E-state index in [0.29, 0.717) is 28.8 Å². The minimum Gasteiger partial charge on any atom is -0.493 e. The molecule has 0 aliphatic carbocycles. The highest BCUT2D eigenvalue weighted by Crippen LogP contribution is 2.28. The van der Waals surface area contributed by atoms with Gasteiger partial charge in [-0.3, -0.25) is 4.79 Å². The van der Waals surface area contributed by atoms with Crippen LogP contribution in [0.3, 0.4) is 0 Å². The Morgan fingerprint density at radius 2 is 1.69 bits per heavy atom. The normalized spacial score (nSPS) is 11.6. The minimum absolute atomic E-state index is 0.204. The van der Waals surface area contributed by atoms with Gasteiger partial charge in [0.2, 0.25) is 0 Å². The highest BCUT2D eigenvalue weighted by atomic mass is 35.5. The van der Waals surface area contributed by atoms with E-state index < -0.39 is 6.10 Å². The Bertz CT molecular complexity index is 768. The number of aryl methyl sites for hydroxylation is 2. The molecular weight excluding hydrogens is 354 g/mol. The summed E-state index contributed by atoms with van der Waals surface area (Å²) in [6.45, 7) is 5.89. The Labute approximate surface area is 159 Å². The number of methoxy groups -OCH3 is 2. The van der Waals surface area contributed by atoms with Gasteiger partial charge < -0.3 is 19.5 Å². The van der Waals surface area contributed by atoms with E-state index in [1.165, 1.54) is 0 Å². The van der Waals surface area contributed by atoms with Gasteiger partial charge in [0.05, 0.1) is 14.2 Å². The summed E-state index contributed by atoms with van der Waals surface area (Å²) in [5.74, 6) is 1.69. The zero-order valence-corrected chi connectivity index (χ0v) is 16.4. The topological polar surface area (TPSA) is 56.8 Å². The fourth-order valence-electron chi connectivity index (χ4n) is 2.56. The third-order valence-corrected chi connectivity index (χ3v) is 4.60. The van der Waals surface area contributed by atoms with Crippen LogP contribution in [0, 0.1) is 13.8 Å². The first-order chi connectivity index (χ1) is 12.3. The number of hydrogen-bond donors (Lipinski definition) is 1. The predicted molar refractivity (Wildman–Crippen MR) is 102 cm³/mol. The summed E-state index contributed by atoms with van der Waals surface area (Å²) >= 11 is 6.16. The maximum atomic E-state index is 12.3. The molecule has 1 atom stereocenters. The summed E-state index contributed by atoms with van der Waals surface area (Å²) in [7, 11) is 3.16. The number of nitrogens with one attached hydrogen (secondary N) is 1. The summed E-state index contributed by atoms with van der Waals surface area (Å²) in [6.07, 6.45) is -0.630.